The van der Waals surface area contributed by atoms with Crippen LogP contribution in [0.4, 0.5) is 54.8 Å². The molecule has 96 heavy (non-hydrogen) atoms. The van der Waals surface area contributed by atoms with Crippen LogP contribution in [-0.2, 0) is 14.2 Å². The first-order chi connectivity index (χ1) is 45.5. The van der Waals surface area contributed by atoms with Gasteiger partial charge in [-0.15, -0.1) is 0 Å². The van der Waals surface area contributed by atoms with Gasteiger partial charge in [-0.1, -0.05) is 35.9 Å². The third kappa shape index (κ3) is 22.7. The summed E-state index contributed by atoms with van der Waals surface area (Å²) in [5.74, 6) is 3.16. The minimum Gasteiger partial charge on any atom is -0.444 e. The van der Waals surface area contributed by atoms with Gasteiger partial charge in [-0.05, 0) is 214 Å². The molecule has 5 saturated heterocycles. The van der Waals surface area contributed by atoms with E-state index in [9.17, 15) is 24.4 Å². The lowest BCUT2D eigenvalue weighted by molar-refractivity contribution is 0.0488. The number of ether oxygens (including phenoxy) is 3. The zero-order valence-corrected chi connectivity index (χ0v) is 58.3. The maximum atomic E-state index is 12.2. The Morgan fingerprint density at radius 2 is 0.844 bits per heavy atom. The van der Waals surface area contributed by atoms with Gasteiger partial charge in [0.2, 0.25) is 0 Å². The second-order valence-corrected chi connectivity index (χ2v) is 28.6. The van der Waals surface area contributed by atoms with Gasteiger partial charge in [0, 0.05) is 68.8 Å². The molecule has 516 valence electrons. The van der Waals surface area contributed by atoms with Crippen molar-refractivity contribution in [1.82, 2.24) is 55.7 Å². The minimum absolute atomic E-state index is 0.0326. The molecule has 0 bridgehead atoms. The van der Waals surface area contributed by atoms with Gasteiger partial charge in [0.25, 0.3) is 5.91 Å². The fourth-order valence-corrected chi connectivity index (χ4v) is 12.2. The number of rotatable bonds is 13. The van der Waals surface area contributed by atoms with Gasteiger partial charge in [-0.25, -0.2) is 44.3 Å². The molecule has 10 rings (SSSR count). The van der Waals surface area contributed by atoms with Crippen LogP contribution in [0.25, 0.3) is 0 Å². The Labute approximate surface area is 569 Å². The number of hydrogen-bond donors (Lipinski definition) is 6. The summed E-state index contributed by atoms with van der Waals surface area (Å²) in [7, 11) is 4.34. The van der Waals surface area contributed by atoms with Crippen LogP contribution in [0, 0.1) is 22.7 Å². The van der Waals surface area contributed by atoms with Crippen LogP contribution in [0.3, 0.4) is 0 Å². The molecule has 0 spiro atoms. The molecule has 27 heteroatoms. The molecule has 5 aliphatic heterocycles. The number of primary amides is 1. The van der Waals surface area contributed by atoms with Gasteiger partial charge in [-0.3, -0.25) is 4.79 Å². The van der Waals surface area contributed by atoms with Gasteiger partial charge in [-0.2, -0.15) is 10.5 Å². The largest absolute Gasteiger partial charge is 0.444 e. The van der Waals surface area contributed by atoms with Crippen molar-refractivity contribution in [3.8, 4) is 12.1 Å². The molecule has 8 heterocycles. The van der Waals surface area contributed by atoms with Crippen LogP contribution >= 0.6 is 11.6 Å². The molecule has 0 aliphatic carbocycles. The van der Waals surface area contributed by atoms with E-state index in [1.807, 2.05) is 97.5 Å². The number of aromatic nitrogens is 6. The average molecular weight is 1340 g/mol. The molecule has 5 aromatic rings. The number of likely N-dealkylation sites (tertiary alicyclic amines) is 2. The molecule has 0 unspecified atom stereocenters. The highest BCUT2D eigenvalue weighted by Crippen LogP contribution is 2.33. The highest BCUT2D eigenvalue weighted by atomic mass is 35.5. The van der Waals surface area contributed by atoms with Crippen molar-refractivity contribution in [3.63, 3.8) is 0 Å². The van der Waals surface area contributed by atoms with Crippen molar-refractivity contribution in [2.45, 2.75) is 173 Å². The molecular weight excluding hydrogens is 1240 g/mol. The summed E-state index contributed by atoms with van der Waals surface area (Å²) in [6.07, 6.45) is 13.4. The van der Waals surface area contributed by atoms with Gasteiger partial charge in [0.05, 0.1) is 18.6 Å². The number of piperidine rings is 5. The predicted octanol–water partition coefficient (Wildman–Crippen LogP) is 10.5. The average Bonchev–Trinajstić information content (AvgIpc) is 0.863. The van der Waals surface area contributed by atoms with Crippen LogP contribution in [0.2, 0.25) is 5.15 Å². The molecule has 0 saturated carbocycles. The minimum atomic E-state index is -0.646. The quantitative estimate of drug-likeness (QED) is 0.0597. The first-order valence-electron chi connectivity index (χ1n) is 33.3. The van der Waals surface area contributed by atoms with Crippen LogP contribution in [0.1, 0.15) is 171 Å². The number of nitrogens with two attached hydrogens (primary N) is 1. The molecule has 5 fully saturated rings. The number of nitrogens with one attached hydrogen (secondary N) is 5. The third-order valence-corrected chi connectivity index (χ3v) is 17.1. The molecule has 5 aliphatic rings. The monoisotopic (exact) mass is 1340 g/mol. The van der Waals surface area contributed by atoms with E-state index >= 15 is 0 Å². The molecule has 0 radical (unpaired) electrons. The summed E-state index contributed by atoms with van der Waals surface area (Å²) in [5.41, 5.74) is 8.79. The Morgan fingerprint density at radius 1 is 0.500 bits per heavy atom. The topological polar surface area (TPSA) is 323 Å². The lowest BCUT2D eigenvalue weighted by Crippen LogP contribution is -2.49. The Balaban J connectivity index is 0.000000190. The van der Waals surface area contributed by atoms with E-state index in [-0.39, 0.29) is 40.4 Å². The van der Waals surface area contributed by atoms with E-state index in [1.54, 1.807) is 12.4 Å². The Bertz CT molecular complexity index is 3510. The van der Waals surface area contributed by atoms with Crippen molar-refractivity contribution in [2.75, 3.05) is 105 Å². The normalized spacial score (nSPS) is 19.1. The van der Waals surface area contributed by atoms with Gasteiger partial charge < -0.3 is 71.0 Å². The van der Waals surface area contributed by atoms with Crippen LogP contribution in [0.15, 0.2) is 67.1 Å². The summed E-state index contributed by atoms with van der Waals surface area (Å²) in [4.78, 5) is 85.6. The van der Waals surface area contributed by atoms with Crippen LogP contribution in [-0.4, -0.2) is 178 Å². The van der Waals surface area contributed by atoms with Crippen molar-refractivity contribution in [1.29, 1.82) is 10.5 Å². The number of halogens is 1. The van der Waals surface area contributed by atoms with Crippen molar-refractivity contribution in [3.05, 3.63) is 100 Å². The molecule has 2 aromatic carbocycles. The molecule has 7 N–H and O–H groups in total. The number of anilines is 7. The second kappa shape index (κ2) is 33.2. The second-order valence-electron chi connectivity index (χ2n) is 28.2. The zero-order chi connectivity index (χ0) is 69.3. The SMILES string of the molecule is CC(C)(C)OC(=O)N[C@@H]1CCCN(c2cnc(C#N)c(Cl)n2)C1.CN1CCC(c2ccc(Nc3nc(N4CCC[C@@H](NC(=O)OC(C)(C)C)C4)cnc3C#N)cc2)CC1.CN1CCC(c2ccc(Nc3nc(N4CCC[C@@H](NC(=O)OC(C)(C)C)C4)cnc3C(N)=O)cc2)CC1. The summed E-state index contributed by atoms with van der Waals surface area (Å²) in [6.45, 7) is 25.2. The molecule has 4 amide bonds. The Morgan fingerprint density at radius 3 is 1.20 bits per heavy atom. The number of hydrogen-bond acceptors (Lipinski definition) is 22. The number of benzene rings is 2. The Kier molecular flexibility index (Phi) is 25.2. The number of nitrogens with zero attached hydrogens (tertiary/aromatic N) is 13. The number of carbonyl (C=O) groups excluding carboxylic acids is 4. The highest BCUT2D eigenvalue weighted by molar-refractivity contribution is 6.30. The van der Waals surface area contributed by atoms with Crippen LogP contribution in [0.5, 0.6) is 0 Å². The molecule has 26 nitrogen and oxygen atoms in total. The van der Waals surface area contributed by atoms with Crippen molar-refractivity contribution >= 4 is 76.3 Å². The predicted molar refractivity (Wildman–Crippen MR) is 371 cm³/mol. The first kappa shape index (κ1) is 73.0. The van der Waals surface area contributed by atoms with Gasteiger partial charge in [0.15, 0.2) is 33.9 Å². The van der Waals surface area contributed by atoms with E-state index in [1.165, 1.54) is 30.2 Å². The number of nitriles is 2. The lowest BCUT2D eigenvalue weighted by Gasteiger charge is -2.34. The van der Waals surface area contributed by atoms with Crippen LogP contribution < -0.4 is 47.0 Å². The number of carbonyl (C=O) groups is 4. The summed E-state index contributed by atoms with van der Waals surface area (Å²) < 4.78 is 16.1. The first-order valence-corrected chi connectivity index (χ1v) is 33.6. The number of amides is 4. The third-order valence-electron chi connectivity index (χ3n) is 16.8. The summed E-state index contributed by atoms with van der Waals surface area (Å²) in [5, 5.41) is 33.8. The molecular formula is C69H96ClN19O7. The zero-order valence-electron chi connectivity index (χ0n) is 57.5. The van der Waals surface area contributed by atoms with E-state index < -0.39 is 41.0 Å². The molecule has 3 aromatic heterocycles. The van der Waals surface area contributed by atoms with Crippen molar-refractivity contribution < 1.29 is 33.4 Å². The van der Waals surface area contributed by atoms with E-state index in [2.05, 4.69) is 111 Å². The van der Waals surface area contributed by atoms with E-state index in [4.69, 9.17) is 46.8 Å². The summed E-state index contributed by atoms with van der Waals surface area (Å²) in [6, 6.07) is 20.6. The molecule has 3 atom stereocenters. The standard InChI is InChI=1S/C27H39N7O3.C27H37N7O2.C15H20ClN5O2/c1-27(2,3)37-26(36)31-21-6-5-13-34(17-21)22-16-29-23(24(28)35)25(32-22)30-20-9-7-18(8-10-20)19-11-14-33(4)15-12-19;1-27(2,3)36-26(35)31-22-6-5-13-34(18-22)24-17-29-23(16-28)25(32-24)30-21-9-7-19(8-10-21)20-11-14-33(4)15-12-20;1-15(2,3)23-14(22)19-10-5-4-6-21(9-10)12-8-18-11(7-17)13(16)20-12/h7-10,16,19,21H,5-6,11-15,17H2,1-4H3,(H2,28,35)(H,30,32)(H,31,36);7-10,17,20,22H,5-6,11-15,18H2,1-4H3,(H,30,32)(H,31,35);8,10H,4-6,9H2,1-3H3,(H,19,22)/t21-;22-;10-/m111/s1. The van der Waals surface area contributed by atoms with Gasteiger partial charge >= 0.3 is 18.3 Å². The highest BCUT2D eigenvalue weighted by Gasteiger charge is 2.30. The van der Waals surface area contributed by atoms with Crippen molar-refractivity contribution in [2.24, 2.45) is 5.73 Å². The van der Waals surface area contributed by atoms with E-state index in [0.29, 0.717) is 60.6 Å². The van der Waals surface area contributed by atoms with Gasteiger partial charge in [0.1, 0.15) is 46.4 Å². The summed E-state index contributed by atoms with van der Waals surface area (Å²) >= 11 is 5.93. The smallest absolute Gasteiger partial charge is 0.407 e. The van der Waals surface area contributed by atoms with E-state index in [0.717, 1.165) is 109 Å². The fourth-order valence-electron chi connectivity index (χ4n) is 12.1. The lowest BCUT2D eigenvalue weighted by atomic mass is 9.89. The number of alkyl carbamates (subject to hydrolysis) is 3. The fraction of sp³-hybridized carbons (Fsp3) is 0.565. The maximum Gasteiger partial charge on any atom is 0.407 e. The maximum absolute atomic E-state index is 12.2. The Hall–Kier alpha value is -8.85.